The molecule has 0 saturated carbocycles. The third kappa shape index (κ3) is 1.39. The summed E-state index contributed by atoms with van der Waals surface area (Å²) in [6, 6.07) is 0.272. The van der Waals surface area contributed by atoms with Crippen molar-refractivity contribution in [1.29, 1.82) is 0 Å². The van der Waals surface area contributed by atoms with Gasteiger partial charge < -0.3 is 4.74 Å². The molecule has 15 heavy (non-hydrogen) atoms. The highest BCUT2D eigenvalue weighted by Gasteiger charge is 2.21. The molecule has 1 aliphatic rings. The average Bonchev–Trinajstić information content (AvgIpc) is 2.85. The molecular formula is C9H9ClN4O. The fraction of sp³-hybridized carbons (Fsp3) is 0.444. The van der Waals surface area contributed by atoms with Crippen LogP contribution >= 0.6 is 11.6 Å². The summed E-state index contributed by atoms with van der Waals surface area (Å²) in [4.78, 5) is 8.11. The monoisotopic (exact) mass is 224 g/mol. The van der Waals surface area contributed by atoms with Gasteiger partial charge in [-0.25, -0.2) is 14.6 Å². The Morgan fingerprint density at radius 2 is 2.40 bits per heavy atom. The Kier molecular flexibility index (Phi) is 2.07. The van der Waals surface area contributed by atoms with E-state index in [0.717, 1.165) is 24.1 Å². The van der Waals surface area contributed by atoms with Crippen molar-refractivity contribution in [3.05, 3.63) is 17.7 Å². The molecule has 1 aliphatic heterocycles. The summed E-state index contributed by atoms with van der Waals surface area (Å²) in [6.45, 7) is 1.48. The number of ether oxygens (including phenoxy) is 1. The van der Waals surface area contributed by atoms with Crippen molar-refractivity contribution in [3.63, 3.8) is 0 Å². The van der Waals surface area contributed by atoms with Gasteiger partial charge in [0.1, 0.15) is 11.5 Å². The van der Waals surface area contributed by atoms with E-state index in [9.17, 15) is 0 Å². The minimum atomic E-state index is 0.272. The fourth-order valence-electron chi connectivity index (χ4n) is 1.82. The summed E-state index contributed by atoms with van der Waals surface area (Å²) >= 11 is 5.94. The third-order valence-corrected chi connectivity index (χ3v) is 2.90. The van der Waals surface area contributed by atoms with Gasteiger partial charge in [0, 0.05) is 6.61 Å². The van der Waals surface area contributed by atoms with E-state index >= 15 is 0 Å². The zero-order valence-electron chi connectivity index (χ0n) is 7.93. The van der Waals surface area contributed by atoms with Crippen molar-refractivity contribution in [3.8, 4) is 0 Å². The number of fused-ring (bicyclic) bond motifs is 1. The molecule has 0 N–H and O–H groups in total. The Morgan fingerprint density at radius 1 is 1.47 bits per heavy atom. The van der Waals surface area contributed by atoms with E-state index in [1.165, 1.54) is 6.33 Å². The van der Waals surface area contributed by atoms with Crippen LogP contribution in [0.5, 0.6) is 0 Å². The molecule has 1 unspecified atom stereocenters. The maximum absolute atomic E-state index is 5.94. The molecular weight excluding hydrogens is 216 g/mol. The molecule has 0 aromatic carbocycles. The van der Waals surface area contributed by atoms with Gasteiger partial charge in [0.05, 0.1) is 24.2 Å². The SMILES string of the molecule is Clc1ncnc2c1cnn2C1CCOC1. The Balaban J connectivity index is 2.15. The summed E-state index contributed by atoms with van der Waals surface area (Å²) in [7, 11) is 0. The molecule has 0 spiro atoms. The summed E-state index contributed by atoms with van der Waals surface area (Å²) in [5.74, 6) is 0. The van der Waals surface area contributed by atoms with Crippen LogP contribution in [0.4, 0.5) is 0 Å². The number of rotatable bonds is 1. The normalized spacial score (nSPS) is 21.3. The molecule has 1 saturated heterocycles. The van der Waals surface area contributed by atoms with E-state index in [2.05, 4.69) is 15.1 Å². The molecule has 0 aliphatic carbocycles. The Bertz CT molecular complexity index is 492. The van der Waals surface area contributed by atoms with Gasteiger partial charge >= 0.3 is 0 Å². The smallest absolute Gasteiger partial charge is 0.163 e. The van der Waals surface area contributed by atoms with E-state index < -0.39 is 0 Å². The first-order valence-electron chi connectivity index (χ1n) is 4.78. The van der Waals surface area contributed by atoms with Crippen LogP contribution < -0.4 is 0 Å². The number of halogens is 1. The van der Waals surface area contributed by atoms with Crippen LogP contribution in [0.2, 0.25) is 5.15 Å². The quantitative estimate of drug-likeness (QED) is 0.688. The minimum Gasteiger partial charge on any atom is -0.379 e. The molecule has 1 fully saturated rings. The largest absolute Gasteiger partial charge is 0.379 e. The fourth-order valence-corrected chi connectivity index (χ4v) is 1.99. The molecule has 0 radical (unpaired) electrons. The molecule has 1 atom stereocenters. The van der Waals surface area contributed by atoms with Crippen LogP contribution in [-0.4, -0.2) is 33.0 Å². The van der Waals surface area contributed by atoms with Crippen molar-refractivity contribution in [1.82, 2.24) is 19.7 Å². The lowest BCUT2D eigenvalue weighted by molar-refractivity contribution is 0.185. The van der Waals surface area contributed by atoms with E-state index in [-0.39, 0.29) is 6.04 Å². The van der Waals surface area contributed by atoms with Crippen LogP contribution in [0, 0.1) is 0 Å². The second kappa shape index (κ2) is 3.43. The highest BCUT2D eigenvalue weighted by molar-refractivity contribution is 6.33. The van der Waals surface area contributed by atoms with Crippen LogP contribution in [0.3, 0.4) is 0 Å². The first-order chi connectivity index (χ1) is 7.36. The Hall–Kier alpha value is -1.20. The van der Waals surface area contributed by atoms with E-state index in [4.69, 9.17) is 16.3 Å². The van der Waals surface area contributed by atoms with Crippen LogP contribution in [-0.2, 0) is 4.74 Å². The number of nitrogens with zero attached hydrogens (tertiary/aromatic N) is 4. The first-order valence-corrected chi connectivity index (χ1v) is 5.15. The van der Waals surface area contributed by atoms with E-state index in [1.807, 2.05) is 4.68 Å². The molecule has 0 bridgehead atoms. The predicted octanol–water partition coefficient (Wildman–Crippen LogP) is 1.44. The standard InChI is InChI=1S/C9H9ClN4O/c10-8-7-3-13-14(6-1-2-15-4-6)9(7)12-5-11-8/h3,5-6H,1-2,4H2. The van der Waals surface area contributed by atoms with Crippen molar-refractivity contribution >= 4 is 22.6 Å². The minimum absolute atomic E-state index is 0.272. The maximum atomic E-state index is 5.94. The maximum Gasteiger partial charge on any atom is 0.163 e. The molecule has 3 rings (SSSR count). The van der Waals surface area contributed by atoms with Gasteiger partial charge in [0.2, 0.25) is 0 Å². The lowest BCUT2D eigenvalue weighted by atomic mass is 10.3. The van der Waals surface area contributed by atoms with Gasteiger partial charge in [0.15, 0.2) is 5.65 Å². The van der Waals surface area contributed by atoms with Gasteiger partial charge in [-0.2, -0.15) is 5.10 Å². The van der Waals surface area contributed by atoms with Crippen molar-refractivity contribution in [2.75, 3.05) is 13.2 Å². The predicted molar refractivity (Wildman–Crippen MR) is 54.8 cm³/mol. The molecule has 78 valence electrons. The molecule has 2 aromatic heterocycles. The highest BCUT2D eigenvalue weighted by atomic mass is 35.5. The van der Waals surface area contributed by atoms with Gasteiger partial charge in [0.25, 0.3) is 0 Å². The van der Waals surface area contributed by atoms with Crippen LogP contribution in [0.1, 0.15) is 12.5 Å². The second-order valence-electron chi connectivity index (χ2n) is 3.51. The summed E-state index contributed by atoms with van der Waals surface area (Å²) < 4.78 is 7.19. The summed E-state index contributed by atoms with van der Waals surface area (Å²) in [5.41, 5.74) is 0.783. The first kappa shape index (κ1) is 9.06. The number of hydrogen-bond acceptors (Lipinski definition) is 4. The van der Waals surface area contributed by atoms with Gasteiger partial charge in [-0.05, 0) is 6.42 Å². The summed E-state index contributed by atoms with van der Waals surface area (Å²) in [6.07, 6.45) is 4.13. The topological polar surface area (TPSA) is 52.8 Å². The van der Waals surface area contributed by atoms with Crippen molar-refractivity contribution in [2.24, 2.45) is 0 Å². The van der Waals surface area contributed by atoms with Crippen molar-refractivity contribution < 1.29 is 4.74 Å². The molecule has 5 nitrogen and oxygen atoms in total. The molecule has 2 aromatic rings. The molecule has 3 heterocycles. The van der Waals surface area contributed by atoms with E-state index in [1.54, 1.807) is 6.20 Å². The van der Waals surface area contributed by atoms with Gasteiger partial charge in [-0.3, -0.25) is 0 Å². The lowest BCUT2D eigenvalue weighted by Crippen LogP contribution is -2.10. The zero-order chi connectivity index (χ0) is 10.3. The summed E-state index contributed by atoms with van der Waals surface area (Å²) in [5, 5.41) is 5.53. The lowest BCUT2D eigenvalue weighted by Gasteiger charge is -2.08. The van der Waals surface area contributed by atoms with Crippen molar-refractivity contribution in [2.45, 2.75) is 12.5 Å². The molecule has 0 amide bonds. The zero-order valence-corrected chi connectivity index (χ0v) is 8.68. The Labute approximate surface area is 91.0 Å². The average molecular weight is 225 g/mol. The number of hydrogen-bond donors (Lipinski definition) is 0. The highest BCUT2D eigenvalue weighted by Crippen LogP contribution is 2.24. The van der Waals surface area contributed by atoms with E-state index in [0.29, 0.717) is 11.8 Å². The third-order valence-electron chi connectivity index (χ3n) is 2.59. The van der Waals surface area contributed by atoms with Crippen LogP contribution in [0.25, 0.3) is 11.0 Å². The second-order valence-corrected chi connectivity index (χ2v) is 3.87. The van der Waals surface area contributed by atoms with Crippen LogP contribution in [0.15, 0.2) is 12.5 Å². The van der Waals surface area contributed by atoms with Gasteiger partial charge in [-0.15, -0.1) is 0 Å². The molecule has 6 heteroatoms. The Morgan fingerprint density at radius 3 is 3.20 bits per heavy atom. The number of aromatic nitrogens is 4. The van der Waals surface area contributed by atoms with Gasteiger partial charge in [-0.1, -0.05) is 11.6 Å².